The first kappa shape index (κ1) is 19.3. The molecule has 0 atom stereocenters. The number of nitrogen functional groups attached to an aromatic ring is 1. The van der Waals surface area contributed by atoms with Gasteiger partial charge in [0.2, 0.25) is 18.1 Å². The number of nitrogens with one attached hydrogen (secondary N) is 1. The lowest BCUT2D eigenvalue weighted by Gasteiger charge is -2.14. The molecule has 1 amide bonds. The van der Waals surface area contributed by atoms with Crippen LogP contribution in [0.5, 0.6) is 17.2 Å². The first-order valence-electron chi connectivity index (χ1n) is 6.73. The molecule has 3 N–H and O–H groups in total. The van der Waals surface area contributed by atoms with Gasteiger partial charge in [0.15, 0.2) is 11.5 Å². The number of anilines is 2. The monoisotopic (exact) mass is 354 g/mol. The maximum Gasteiger partial charge on any atom is 0.231 e. The molecule has 8 nitrogen and oxygen atoms in total. The minimum Gasteiger partial charge on any atom is -0.493 e. The van der Waals surface area contributed by atoms with E-state index < -0.39 is 0 Å². The van der Waals surface area contributed by atoms with Crippen molar-refractivity contribution in [2.45, 2.75) is 6.42 Å². The summed E-state index contributed by atoms with van der Waals surface area (Å²) in [4.78, 5) is 18.4. The van der Waals surface area contributed by atoms with Gasteiger partial charge in [-0.05, 0) is 17.7 Å². The van der Waals surface area contributed by atoms with E-state index >= 15 is 0 Å². The Morgan fingerprint density at radius 1 is 1.17 bits per heavy atom. The molecule has 0 aliphatic rings. The smallest absolute Gasteiger partial charge is 0.231 e. The molecular formula is C15H19ClN4O4. The summed E-state index contributed by atoms with van der Waals surface area (Å²) in [6.07, 6.45) is 2.54. The molecule has 1 aromatic carbocycles. The molecule has 0 aliphatic heterocycles. The predicted molar refractivity (Wildman–Crippen MR) is 92.3 cm³/mol. The molecule has 0 spiro atoms. The van der Waals surface area contributed by atoms with Crippen molar-refractivity contribution in [3.05, 3.63) is 29.5 Å². The van der Waals surface area contributed by atoms with Gasteiger partial charge in [0.05, 0.1) is 21.3 Å². The Morgan fingerprint density at radius 2 is 1.79 bits per heavy atom. The number of aromatic nitrogens is 2. The number of nitrogens with zero attached hydrogens (tertiary/aromatic N) is 2. The lowest BCUT2D eigenvalue weighted by molar-refractivity contribution is -0.105. The van der Waals surface area contributed by atoms with Crippen molar-refractivity contribution in [3.63, 3.8) is 0 Å². The highest BCUT2D eigenvalue weighted by Gasteiger charge is 2.14. The molecule has 2 rings (SSSR count). The Morgan fingerprint density at radius 3 is 2.25 bits per heavy atom. The molecule has 0 radical (unpaired) electrons. The number of hydrogen-bond donors (Lipinski definition) is 2. The molecule has 0 saturated carbocycles. The van der Waals surface area contributed by atoms with Crippen LogP contribution in [-0.2, 0) is 11.2 Å². The van der Waals surface area contributed by atoms with Gasteiger partial charge in [-0.1, -0.05) is 0 Å². The molecule has 9 heteroatoms. The van der Waals surface area contributed by atoms with Crippen molar-refractivity contribution in [2.24, 2.45) is 0 Å². The van der Waals surface area contributed by atoms with Gasteiger partial charge in [0.25, 0.3) is 0 Å². The molecule has 0 unspecified atom stereocenters. The maximum absolute atomic E-state index is 10.4. The number of carbonyl (C=O) groups excluding carboxylic acids is 1. The van der Waals surface area contributed by atoms with Gasteiger partial charge in [-0.2, -0.15) is 4.98 Å². The maximum atomic E-state index is 10.4. The number of benzene rings is 1. The molecule has 1 aromatic heterocycles. The Labute approximate surface area is 145 Å². The molecule has 0 bridgehead atoms. The second kappa shape index (κ2) is 8.78. The fourth-order valence-corrected chi connectivity index (χ4v) is 2.14. The summed E-state index contributed by atoms with van der Waals surface area (Å²) in [5.41, 5.74) is 7.52. The van der Waals surface area contributed by atoms with Gasteiger partial charge in [0, 0.05) is 18.2 Å². The standard InChI is InChI=1S/C15H18N4O4.ClH/c1-21-11-5-9(6-12(22-2)13(11)23-3)4-10-7-17-15(18-8-20)19-14(10)16;/h5-8H,4H2,1-3H3,(H3,16,17,18,19,20);1H. The third-order valence-electron chi connectivity index (χ3n) is 3.21. The van der Waals surface area contributed by atoms with Gasteiger partial charge in [-0.25, -0.2) is 4.98 Å². The van der Waals surface area contributed by atoms with Gasteiger partial charge in [0.1, 0.15) is 5.82 Å². The van der Waals surface area contributed by atoms with Crippen LogP contribution in [0.1, 0.15) is 11.1 Å². The van der Waals surface area contributed by atoms with Crippen LogP contribution in [0.4, 0.5) is 11.8 Å². The Kier molecular flexibility index (Phi) is 7.06. The molecule has 2 aromatic rings. The third-order valence-corrected chi connectivity index (χ3v) is 3.21. The molecule has 0 saturated heterocycles. The van der Waals surface area contributed by atoms with Crippen molar-refractivity contribution in [3.8, 4) is 17.2 Å². The van der Waals surface area contributed by atoms with Crippen LogP contribution >= 0.6 is 12.4 Å². The van der Waals surface area contributed by atoms with E-state index in [1.54, 1.807) is 27.5 Å². The van der Waals surface area contributed by atoms with E-state index in [0.717, 1.165) is 11.1 Å². The number of hydrogen-bond acceptors (Lipinski definition) is 7. The first-order valence-corrected chi connectivity index (χ1v) is 6.73. The zero-order valence-corrected chi connectivity index (χ0v) is 14.3. The van der Waals surface area contributed by atoms with E-state index in [1.165, 1.54) is 0 Å². The topological polar surface area (TPSA) is 109 Å². The SMILES string of the molecule is COc1cc(Cc2cnc(NC=O)nc2N)cc(OC)c1OC.Cl. The minimum atomic E-state index is 0. The Bertz CT molecular complexity index is 687. The van der Waals surface area contributed by atoms with Gasteiger partial charge in [-0.3, -0.25) is 10.1 Å². The fourth-order valence-electron chi connectivity index (χ4n) is 2.14. The van der Waals surface area contributed by atoms with Crippen LogP contribution in [0.15, 0.2) is 18.3 Å². The average molecular weight is 355 g/mol. The van der Waals surface area contributed by atoms with Crippen LogP contribution < -0.4 is 25.3 Å². The Balaban J connectivity index is 0.00000288. The van der Waals surface area contributed by atoms with E-state index in [0.29, 0.717) is 30.1 Å². The van der Waals surface area contributed by atoms with E-state index in [9.17, 15) is 4.79 Å². The van der Waals surface area contributed by atoms with Crippen molar-refractivity contribution in [2.75, 3.05) is 32.4 Å². The van der Waals surface area contributed by atoms with Gasteiger partial charge >= 0.3 is 0 Å². The van der Waals surface area contributed by atoms with Crippen molar-refractivity contribution in [1.82, 2.24) is 9.97 Å². The number of rotatable bonds is 7. The lowest BCUT2D eigenvalue weighted by atomic mass is 10.1. The normalized spacial score (nSPS) is 9.62. The van der Waals surface area contributed by atoms with Crippen LogP contribution in [-0.4, -0.2) is 37.7 Å². The second-order valence-corrected chi connectivity index (χ2v) is 4.58. The zero-order chi connectivity index (χ0) is 16.8. The number of halogens is 1. The number of methoxy groups -OCH3 is 3. The summed E-state index contributed by atoms with van der Waals surface area (Å²) < 4.78 is 15.9. The van der Waals surface area contributed by atoms with Crippen molar-refractivity contribution in [1.29, 1.82) is 0 Å². The summed E-state index contributed by atoms with van der Waals surface area (Å²) in [6.45, 7) is 0. The zero-order valence-electron chi connectivity index (χ0n) is 13.5. The number of carbonyl (C=O) groups is 1. The summed E-state index contributed by atoms with van der Waals surface area (Å²) in [6, 6.07) is 3.66. The highest BCUT2D eigenvalue weighted by Crippen LogP contribution is 2.38. The second-order valence-electron chi connectivity index (χ2n) is 4.58. The first-order chi connectivity index (χ1) is 11.1. The largest absolute Gasteiger partial charge is 0.493 e. The highest BCUT2D eigenvalue weighted by molar-refractivity contribution is 5.85. The van der Waals surface area contributed by atoms with Crippen LogP contribution in [0.25, 0.3) is 0 Å². The third kappa shape index (κ3) is 4.17. The Hall–Kier alpha value is -2.74. The van der Waals surface area contributed by atoms with E-state index in [4.69, 9.17) is 19.9 Å². The van der Waals surface area contributed by atoms with E-state index in [2.05, 4.69) is 15.3 Å². The summed E-state index contributed by atoms with van der Waals surface area (Å²) >= 11 is 0. The minimum absolute atomic E-state index is 0. The summed E-state index contributed by atoms with van der Waals surface area (Å²) in [5.74, 6) is 2.08. The quantitative estimate of drug-likeness (QED) is 0.728. The summed E-state index contributed by atoms with van der Waals surface area (Å²) in [5, 5.41) is 2.35. The molecule has 130 valence electrons. The van der Waals surface area contributed by atoms with E-state index in [-0.39, 0.29) is 24.2 Å². The van der Waals surface area contributed by atoms with E-state index in [1.807, 2.05) is 12.1 Å². The molecule has 0 aliphatic carbocycles. The highest BCUT2D eigenvalue weighted by atomic mass is 35.5. The van der Waals surface area contributed by atoms with Gasteiger partial charge in [-0.15, -0.1) is 12.4 Å². The van der Waals surface area contributed by atoms with Crippen molar-refractivity contribution < 1.29 is 19.0 Å². The molecule has 24 heavy (non-hydrogen) atoms. The number of amides is 1. The molecule has 0 fully saturated rings. The van der Waals surface area contributed by atoms with Crippen LogP contribution in [0, 0.1) is 0 Å². The number of ether oxygens (including phenoxy) is 3. The van der Waals surface area contributed by atoms with Crippen LogP contribution in [0.2, 0.25) is 0 Å². The predicted octanol–water partition coefficient (Wildman–Crippen LogP) is 1.67. The van der Waals surface area contributed by atoms with Crippen molar-refractivity contribution >= 4 is 30.6 Å². The molecule has 1 heterocycles. The van der Waals surface area contributed by atoms with Gasteiger partial charge < -0.3 is 19.9 Å². The lowest BCUT2D eigenvalue weighted by Crippen LogP contribution is -2.06. The van der Waals surface area contributed by atoms with Crippen LogP contribution in [0.3, 0.4) is 0 Å². The average Bonchev–Trinajstić information content (AvgIpc) is 2.56. The summed E-state index contributed by atoms with van der Waals surface area (Å²) in [7, 11) is 4.65. The number of nitrogens with two attached hydrogens (primary N) is 1. The molecular weight excluding hydrogens is 336 g/mol. The fraction of sp³-hybridized carbons (Fsp3) is 0.267.